The number of nitrogens with one attached hydrogen (secondary N) is 2. The van der Waals surface area contributed by atoms with Gasteiger partial charge < -0.3 is 10.6 Å². The van der Waals surface area contributed by atoms with Crippen LogP contribution in [0.2, 0.25) is 0 Å². The van der Waals surface area contributed by atoms with Gasteiger partial charge in [0.15, 0.2) is 0 Å². The maximum absolute atomic E-state index is 8.68. The fraction of sp³-hybridized carbons (Fsp3) is 0.385. The van der Waals surface area contributed by atoms with Crippen LogP contribution in [0.15, 0.2) is 17.0 Å². The van der Waals surface area contributed by atoms with Gasteiger partial charge in [-0.1, -0.05) is 69.6 Å². The first kappa shape index (κ1) is 20.8. The minimum atomic E-state index is 0.644. The van der Waals surface area contributed by atoms with Crippen molar-refractivity contribution in [1.82, 2.24) is 10.6 Å². The highest BCUT2D eigenvalue weighted by Crippen LogP contribution is 2.27. The number of rotatable bonds is 8. The molecule has 0 saturated carbocycles. The van der Waals surface area contributed by atoms with Crippen molar-refractivity contribution in [2.45, 2.75) is 11.8 Å². The third kappa shape index (κ3) is 6.32. The van der Waals surface area contributed by atoms with Gasteiger partial charge in [-0.05, 0) is 24.6 Å². The minimum Gasteiger partial charge on any atom is -0.375 e. The number of thiocarbonyl (C=S) groups is 2. The Labute approximate surface area is 172 Å². The second-order valence-corrected chi connectivity index (χ2v) is 7.94. The number of alkyl halides is 2. The van der Waals surface area contributed by atoms with Gasteiger partial charge in [0.1, 0.15) is 9.98 Å². The van der Waals surface area contributed by atoms with Crippen molar-refractivity contribution in [2.75, 3.05) is 21.9 Å². The molecule has 0 bridgehead atoms. The molecule has 0 radical (unpaired) electrons. The van der Waals surface area contributed by atoms with Crippen molar-refractivity contribution in [3.8, 4) is 0 Å². The molecule has 0 atom stereocenters. The van der Waals surface area contributed by atoms with Crippen LogP contribution in [-0.2, 0) is 4.33 Å². The molecular formula is C13H16I2N2O2S3. The number of aryl methyl sites for hydroxylation is 1. The van der Waals surface area contributed by atoms with E-state index in [0.717, 1.165) is 55.6 Å². The second kappa shape index (κ2) is 11.3. The number of benzene rings is 1. The molecule has 4 nitrogen and oxygen atoms in total. The summed E-state index contributed by atoms with van der Waals surface area (Å²) in [6.07, 6.45) is 0. The van der Waals surface area contributed by atoms with Crippen molar-refractivity contribution in [3.63, 3.8) is 0 Å². The molecule has 122 valence electrons. The van der Waals surface area contributed by atoms with Gasteiger partial charge in [0.2, 0.25) is 0 Å². The molecule has 1 aromatic carbocycles. The summed E-state index contributed by atoms with van der Waals surface area (Å²) < 4.78 is 6.12. The number of halogens is 2. The molecule has 0 heterocycles. The lowest BCUT2D eigenvalue weighted by Gasteiger charge is -2.16. The van der Waals surface area contributed by atoms with Gasteiger partial charge in [-0.15, -0.1) is 0 Å². The number of hydrogen-bond acceptors (Lipinski definition) is 5. The van der Waals surface area contributed by atoms with E-state index in [1.54, 1.807) is 0 Å². The van der Waals surface area contributed by atoms with E-state index < -0.39 is 0 Å². The zero-order valence-electron chi connectivity index (χ0n) is 11.8. The van der Waals surface area contributed by atoms with E-state index in [1.165, 1.54) is 0 Å². The Balaban J connectivity index is 3.18. The largest absolute Gasteiger partial charge is 0.375 e. The molecule has 0 saturated heterocycles. The molecule has 0 aromatic heterocycles. The third-order valence-electron chi connectivity index (χ3n) is 2.69. The monoisotopic (exact) mass is 582 g/mol. The van der Waals surface area contributed by atoms with Gasteiger partial charge in [0.05, 0.1) is 12.0 Å². The van der Waals surface area contributed by atoms with Crippen molar-refractivity contribution in [1.29, 1.82) is 0 Å². The van der Waals surface area contributed by atoms with E-state index in [1.807, 2.05) is 19.1 Å². The summed E-state index contributed by atoms with van der Waals surface area (Å²) in [6, 6.07) is 3.86. The summed E-state index contributed by atoms with van der Waals surface area (Å²) in [6.45, 7) is 3.54. The second-order valence-electron chi connectivity index (χ2n) is 4.21. The standard InChI is InChI=1S/C13H16I2N2O2S3/c1-8-6-9(12(20)16-4-2-14)10(7-11(8)22-19-18)13(21)17-5-3-15/h6-7,18H,2-5H2,1H3,(H,16,20)(H,17,21). The fourth-order valence-corrected chi connectivity index (χ4v) is 3.22. The van der Waals surface area contributed by atoms with Crippen molar-refractivity contribution in [3.05, 3.63) is 28.8 Å². The predicted octanol–water partition coefficient (Wildman–Crippen LogP) is 3.89. The summed E-state index contributed by atoms with van der Waals surface area (Å²) >= 11 is 16.4. The average Bonchev–Trinajstić information content (AvgIpc) is 2.51. The van der Waals surface area contributed by atoms with Gasteiger partial charge in [-0.3, -0.25) is 0 Å². The van der Waals surface area contributed by atoms with Crippen LogP contribution < -0.4 is 10.6 Å². The topological polar surface area (TPSA) is 53.5 Å². The molecule has 1 rings (SSSR count). The Kier molecular flexibility index (Phi) is 10.7. The normalized spacial score (nSPS) is 10.4. The molecule has 9 heteroatoms. The molecule has 0 aliphatic rings. The first-order chi connectivity index (χ1) is 10.5. The molecule has 22 heavy (non-hydrogen) atoms. The summed E-state index contributed by atoms with van der Waals surface area (Å²) in [5, 5.41) is 15.1. The van der Waals surface area contributed by atoms with Crippen LogP contribution in [0.4, 0.5) is 0 Å². The van der Waals surface area contributed by atoms with Gasteiger partial charge in [0.25, 0.3) is 0 Å². The summed E-state index contributed by atoms with van der Waals surface area (Å²) in [5.74, 6) is 0. The van der Waals surface area contributed by atoms with Crippen LogP contribution in [0.25, 0.3) is 0 Å². The van der Waals surface area contributed by atoms with E-state index in [0.29, 0.717) is 9.98 Å². The summed E-state index contributed by atoms with van der Waals surface area (Å²) in [7, 11) is 0. The van der Waals surface area contributed by atoms with Crippen LogP contribution in [0.5, 0.6) is 0 Å². The highest BCUT2D eigenvalue weighted by Gasteiger charge is 2.15. The quantitative estimate of drug-likeness (QED) is 0.108. The Bertz CT molecular complexity index is 544. The van der Waals surface area contributed by atoms with Crippen molar-refractivity contribution in [2.24, 2.45) is 0 Å². The van der Waals surface area contributed by atoms with Gasteiger partial charge in [0, 0.05) is 38.0 Å². The summed E-state index contributed by atoms with van der Waals surface area (Å²) in [4.78, 5) is 2.12. The van der Waals surface area contributed by atoms with Crippen LogP contribution in [0.3, 0.4) is 0 Å². The molecule has 0 amide bonds. The van der Waals surface area contributed by atoms with Crippen LogP contribution in [-0.4, -0.2) is 37.2 Å². The maximum Gasteiger partial charge on any atom is 0.107 e. The van der Waals surface area contributed by atoms with Crippen LogP contribution in [0, 0.1) is 6.92 Å². The Morgan fingerprint density at radius 2 is 1.64 bits per heavy atom. The zero-order chi connectivity index (χ0) is 16.5. The van der Waals surface area contributed by atoms with Crippen molar-refractivity contribution < 1.29 is 9.59 Å². The minimum absolute atomic E-state index is 0.644. The molecule has 1 aromatic rings. The highest BCUT2D eigenvalue weighted by atomic mass is 127. The van der Waals surface area contributed by atoms with E-state index in [4.69, 9.17) is 29.7 Å². The molecular weight excluding hydrogens is 566 g/mol. The molecule has 0 spiro atoms. The van der Waals surface area contributed by atoms with Crippen LogP contribution in [0.1, 0.15) is 16.7 Å². The molecule has 3 N–H and O–H groups in total. The van der Waals surface area contributed by atoms with E-state index >= 15 is 0 Å². The fourth-order valence-electron chi connectivity index (χ4n) is 1.71. The van der Waals surface area contributed by atoms with E-state index in [9.17, 15) is 0 Å². The Hall–Kier alpha value is 0.730. The van der Waals surface area contributed by atoms with Gasteiger partial charge in [-0.2, -0.15) is 4.33 Å². The average molecular weight is 582 g/mol. The highest BCUT2D eigenvalue weighted by molar-refractivity contribution is 14.1. The van der Waals surface area contributed by atoms with Gasteiger partial charge in [-0.25, -0.2) is 5.26 Å². The lowest BCUT2D eigenvalue weighted by atomic mass is 10.0. The molecule has 0 fully saturated rings. The van der Waals surface area contributed by atoms with Gasteiger partial charge >= 0.3 is 0 Å². The lowest BCUT2D eigenvalue weighted by Crippen LogP contribution is -2.30. The number of hydrogen-bond donors (Lipinski definition) is 3. The van der Waals surface area contributed by atoms with Crippen LogP contribution >= 0.6 is 81.7 Å². The SMILES string of the molecule is Cc1cc(C(=S)NCCI)c(C(=S)NCCI)cc1SOO. The smallest absolute Gasteiger partial charge is 0.107 e. The Morgan fingerprint density at radius 1 is 1.14 bits per heavy atom. The summed E-state index contributed by atoms with van der Waals surface area (Å²) in [5.41, 5.74) is 2.70. The first-order valence-electron chi connectivity index (χ1n) is 6.36. The van der Waals surface area contributed by atoms with E-state index in [2.05, 4.69) is 60.1 Å². The molecule has 0 aliphatic heterocycles. The lowest BCUT2D eigenvalue weighted by molar-refractivity contribution is -0.116. The molecule has 0 unspecified atom stereocenters. The maximum atomic E-state index is 8.68. The first-order valence-corrected chi connectivity index (χ1v) is 11.0. The van der Waals surface area contributed by atoms with Crippen molar-refractivity contribution >= 4 is 91.6 Å². The Morgan fingerprint density at radius 3 is 2.09 bits per heavy atom. The zero-order valence-corrected chi connectivity index (χ0v) is 18.6. The molecule has 0 aliphatic carbocycles. The van der Waals surface area contributed by atoms with E-state index in [-0.39, 0.29) is 0 Å². The predicted molar refractivity (Wildman–Crippen MR) is 118 cm³/mol. The third-order valence-corrected chi connectivity index (χ3v) is 5.19.